The van der Waals surface area contributed by atoms with Crippen molar-refractivity contribution in [1.82, 2.24) is 4.90 Å². The summed E-state index contributed by atoms with van der Waals surface area (Å²) in [5, 5.41) is 0. The van der Waals surface area contributed by atoms with Gasteiger partial charge in [-0.2, -0.15) is 0 Å². The van der Waals surface area contributed by atoms with E-state index < -0.39 is 5.92 Å². The van der Waals surface area contributed by atoms with Crippen molar-refractivity contribution >= 4 is 23.7 Å². The number of hydrogen-bond acceptors (Lipinski definition) is 5. The lowest BCUT2D eigenvalue weighted by atomic mass is 9.89. The Bertz CT molecular complexity index is 972. The Labute approximate surface area is 177 Å². The van der Waals surface area contributed by atoms with E-state index in [0.29, 0.717) is 35.2 Å². The van der Waals surface area contributed by atoms with Gasteiger partial charge in [0, 0.05) is 23.9 Å². The zero-order valence-corrected chi connectivity index (χ0v) is 17.5. The van der Waals surface area contributed by atoms with E-state index in [4.69, 9.17) is 4.74 Å². The van der Waals surface area contributed by atoms with Crippen LogP contribution in [0.25, 0.3) is 0 Å². The second kappa shape index (κ2) is 8.79. The van der Waals surface area contributed by atoms with Crippen molar-refractivity contribution in [3.63, 3.8) is 0 Å². The quantitative estimate of drug-likeness (QED) is 0.545. The molecule has 30 heavy (non-hydrogen) atoms. The molecule has 1 unspecified atom stereocenters. The van der Waals surface area contributed by atoms with E-state index in [1.807, 2.05) is 18.2 Å². The molecule has 4 rings (SSSR count). The van der Waals surface area contributed by atoms with Gasteiger partial charge in [0.1, 0.15) is 5.75 Å². The Balaban J connectivity index is 1.65. The first-order valence-electron chi connectivity index (χ1n) is 10.5. The first-order chi connectivity index (χ1) is 14.6. The maximum atomic E-state index is 13.4. The highest BCUT2D eigenvalue weighted by atomic mass is 16.5. The van der Waals surface area contributed by atoms with E-state index in [2.05, 4.69) is 16.8 Å². The van der Waals surface area contributed by atoms with Gasteiger partial charge in [-0.15, -0.1) is 0 Å². The number of nitrogens with zero attached hydrogens (tertiary/aromatic N) is 3. The molecule has 2 amide bonds. The molecule has 0 N–H and O–H groups in total. The minimum atomic E-state index is -0.582. The predicted molar refractivity (Wildman–Crippen MR) is 118 cm³/mol. The van der Waals surface area contributed by atoms with E-state index >= 15 is 0 Å². The molecule has 2 aromatic rings. The molecular weight excluding hydrogens is 378 g/mol. The highest BCUT2D eigenvalue weighted by Crippen LogP contribution is 2.33. The van der Waals surface area contributed by atoms with Crippen LogP contribution in [0.1, 0.15) is 41.6 Å². The van der Waals surface area contributed by atoms with Crippen LogP contribution in [-0.2, 0) is 4.79 Å². The molecule has 2 aromatic carbocycles. The molecule has 1 saturated heterocycles. The molecule has 0 spiro atoms. The van der Waals surface area contributed by atoms with Gasteiger partial charge in [0.05, 0.1) is 25.3 Å². The molecule has 156 valence electrons. The van der Waals surface area contributed by atoms with Crippen LogP contribution in [-0.4, -0.2) is 55.7 Å². The number of amides is 2. The summed E-state index contributed by atoms with van der Waals surface area (Å²) in [4.78, 5) is 34.9. The van der Waals surface area contributed by atoms with Crippen molar-refractivity contribution in [3.05, 3.63) is 59.7 Å². The van der Waals surface area contributed by atoms with Gasteiger partial charge in [0.15, 0.2) is 0 Å². The van der Waals surface area contributed by atoms with Gasteiger partial charge in [-0.05, 0) is 49.7 Å². The lowest BCUT2D eigenvalue weighted by Gasteiger charge is -2.31. The number of hydrogen-bond donors (Lipinski definition) is 0. The standard InChI is InChI=1S/C24H27N3O3/c1-3-26-13-7-9-18(26)15-25-16-22-20-11-4-5-12-21(20)23(28)27(24(22)29)17-8-6-10-19(14-17)30-2/h4-6,8,10-12,14,16,18,22H,3,7,9,13,15H2,1-2H3/t18-,22?/m0/s1. The zero-order chi connectivity index (χ0) is 21.1. The number of likely N-dealkylation sites (N-methyl/N-ethyl adjacent to an activating group) is 1. The van der Waals surface area contributed by atoms with Crippen molar-refractivity contribution in [3.8, 4) is 5.75 Å². The smallest absolute Gasteiger partial charge is 0.265 e. The number of aliphatic imine (C=N–C) groups is 1. The Morgan fingerprint density at radius 3 is 2.80 bits per heavy atom. The second-order valence-electron chi connectivity index (χ2n) is 7.68. The molecule has 0 bridgehead atoms. The number of carbonyl (C=O) groups excluding carboxylic acids is 2. The Hall–Kier alpha value is -2.99. The molecule has 6 nitrogen and oxygen atoms in total. The fourth-order valence-corrected chi connectivity index (χ4v) is 4.40. The minimum Gasteiger partial charge on any atom is -0.497 e. The molecule has 2 atom stereocenters. The lowest BCUT2D eigenvalue weighted by molar-refractivity contribution is -0.118. The fraction of sp³-hybridized carbons (Fsp3) is 0.375. The summed E-state index contributed by atoms with van der Waals surface area (Å²) in [5.74, 6) is -0.587. The number of anilines is 1. The Morgan fingerprint density at radius 1 is 1.17 bits per heavy atom. The third kappa shape index (κ3) is 3.75. The average Bonchev–Trinajstić information content (AvgIpc) is 3.24. The molecule has 0 radical (unpaired) electrons. The van der Waals surface area contributed by atoms with Gasteiger partial charge in [-0.25, -0.2) is 4.90 Å². The van der Waals surface area contributed by atoms with Crippen LogP contribution in [0, 0.1) is 0 Å². The maximum Gasteiger partial charge on any atom is 0.265 e. The van der Waals surface area contributed by atoms with E-state index in [-0.39, 0.29) is 11.8 Å². The Morgan fingerprint density at radius 2 is 2.00 bits per heavy atom. The molecule has 0 saturated carbocycles. The summed E-state index contributed by atoms with van der Waals surface area (Å²) in [7, 11) is 1.56. The van der Waals surface area contributed by atoms with Gasteiger partial charge in [0.2, 0.25) is 5.91 Å². The number of methoxy groups -OCH3 is 1. The SMILES string of the molecule is CCN1CCC[C@H]1CN=CC1C(=O)N(c2cccc(OC)c2)C(=O)c2ccccc21. The maximum absolute atomic E-state index is 13.4. The van der Waals surface area contributed by atoms with E-state index in [0.717, 1.165) is 19.5 Å². The van der Waals surface area contributed by atoms with E-state index in [1.54, 1.807) is 43.7 Å². The van der Waals surface area contributed by atoms with Crippen molar-refractivity contribution in [2.24, 2.45) is 4.99 Å². The summed E-state index contributed by atoms with van der Waals surface area (Å²) < 4.78 is 5.27. The molecular formula is C24H27N3O3. The van der Waals surface area contributed by atoms with Crippen LogP contribution in [0.2, 0.25) is 0 Å². The summed E-state index contributed by atoms with van der Waals surface area (Å²) in [5.41, 5.74) is 1.76. The van der Waals surface area contributed by atoms with Crippen molar-refractivity contribution in [2.75, 3.05) is 31.6 Å². The number of imide groups is 1. The fourth-order valence-electron chi connectivity index (χ4n) is 4.40. The molecule has 2 aliphatic heterocycles. The number of fused-ring (bicyclic) bond motifs is 1. The number of carbonyl (C=O) groups is 2. The number of likely N-dealkylation sites (tertiary alicyclic amines) is 1. The van der Waals surface area contributed by atoms with Gasteiger partial charge >= 0.3 is 0 Å². The highest BCUT2D eigenvalue weighted by Gasteiger charge is 2.39. The summed E-state index contributed by atoms with van der Waals surface area (Å²) >= 11 is 0. The second-order valence-corrected chi connectivity index (χ2v) is 7.68. The first-order valence-corrected chi connectivity index (χ1v) is 10.5. The molecule has 2 aliphatic rings. The van der Waals surface area contributed by atoms with Crippen molar-refractivity contribution < 1.29 is 14.3 Å². The van der Waals surface area contributed by atoms with Crippen LogP contribution >= 0.6 is 0 Å². The van der Waals surface area contributed by atoms with Crippen LogP contribution in [0.5, 0.6) is 5.75 Å². The average molecular weight is 405 g/mol. The van der Waals surface area contributed by atoms with E-state index in [9.17, 15) is 9.59 Å². The van der Waals surface area contributed by atoms with Gasteiger partial charge in [-0.1, -0.05) is 31.2 Å². The molecule has 2 heterocycles. The van der Waals surface area contributed by atoms with Crippen LogP contribution in [0.15, 0.2) is 53.5 Å². The lowest BCUT2D eigenvalue weighted by Crippen LogP contribution is -2.45. The first kappa shape index (κ1) is 20.3. The minimum absolute atomic E-state index is 0.283. The predicted octanol–water partition coefficient (Wildman–Crippen LogP) is 3.52. The number of ether oxygens (including phenoxy) is 1. The van der Waals surface area contributed by atoms with E-state index in [1.165, 1.54) is 11.3 Å². The number of rotatable bonds is 6. The normalized spacial score (nSPS) is 22.0. The number of benzene rings is 2. The van der Waals surface area contributed by atoms with Gasteiger partial charge in [-0.3, -0.25) is 19.5 Å². The summed E-state index contributed by atoms with van der Waals surface area (Å²) in [6.07, 6.45) is 4.05. The summed E-state index contributed by atoms with van der Waals surface area (Å²) in [6.45, 7) is 4.97. The van der Waals surface area contributed by atoms with Gasteiger partial charge < -0.3 is 4.74 Å². The third-order valence-electron chi connectivity index (χ3n) is 6.00. The van der Waals surface area contributed by atoms with Crippen LogP contribution < -0.4 is 9.64 Å². The topological polar surface area (TPSA) is 62.2 Å². The van der Waals surface area contributed by atoms with Crippen molar-refractivity contribution in [1.29, 1.82) is 0 Å². The molecule has 0 aliphatic carbocycles. The van der Waals surface area contributed by atoms with Crippen LogP contribution in [0.4, 0.5) is 5.69 Å². The van der Waals surface area contributed by atoms with Crippen molar-refractivity contribution in [2.45, 2.75) is 31.7 Å². The molecule has 0 aromatic heterocycles. The largest absolute Gasteiger partial charge is 0.497 e. The van der Waals surface area contributed by atoms with Crippen LogP contribution in [0.3, 0.4) is 0 Å². The monoisotopic (exact) mass is 405 g/mol. The van der Waals surface area contributed by atoms with Gasteiger partial charge in [0.25, 0.3) is 5.91 Å². The summed E-state index contributed by atoms with van der Waals surface area (Å²) in [6, 6.07) is 14.7. The third-order valence-corrected chi connectivity index (χ3v) is 6.00. The molecule has 1 fully saturated rings. The molecule has 6 heteroatoms. The highest BCUT2D eigenvalue weighted by molar-refractivity contribution is 6.29. The zero-order valence-electron chi connectivity index (χ0n) is 17.5. The Kier molecular flexibility index (Phi) is 5.95.